The van der Waals surface area contributed by atoms with Crippen LogP contribution in [0.1, 0.15) is 24.2 Å². The molecule has 25 heavy (non-hydrogen) atoms. The predicted octanol–water partition coefficient (Wildman–Crippen LogP) is 5.29. The number of pyridine rings is 1. The fraction of sp³-hybridized carbons (Fsp3) is 0.200. The standard InChI is InChI=1S/C20H18ClNO3/c1-12(2)11-25-15-5-3-4-13(8-15)19-10-17(20(23)24)16-9-14(21)6-7-18(16)22-19/h3-10,12H,11H2,1-2H3,(H,23,24). The summed E-state index contributed by atoms with van der Waals surface area (Å²) in [6, 6.07) is 14.1. The van der Waals surface area contributed by atoms with E-state index in [0.717, 1.165) is 11.3 Å². The molecule has 4 nitrogen and oxygen atoms in total. The molecule has 0 amide bonds. The quantitative estimate of drug-likeness (QED) is 0.675. The molecule has 0 saturated carbocycles. The van der Waals surface area contributed by atoms with Crippen LogP contribution in [0.5, 0.6) is 5.75 Å². The molecule has 0 unspecified atom stereocenters. The molecule has 1 aromatic heterocycles. The van der Waals surface area contributed by atoms with Crippen LogP contribution < -0.4 is 4.74 Å². The van der Waals surface area contributed by atoms with Gasteiger partial charge in [-0.15, -0.1) is 0 Å². The van der Waals surface area contributed by atoms with E-state index in [4.69, 9.17) is 16.3 Å². The number of halogens is 1. The van der Waals surface area contributed by atoms with Gasteiger partial charge < -0.3 is 9.84 Å². The number of carboxylic acids is 1. The number of ether oxygens (including phenoxy) is 1. The average molecular weight is 356 g/mol. The van der Waals surface area contributed by atoms with E-state index in [0.29, 0.717) is 34.1 Å². The van der Waals surface area contributed by atoms with E-state index >= 15 is 0 Å². The predicted molar refractivity (Wildman–Crippen MR) is 99.5 cm³/mol. The molecule has 1 heterocycles. The Morgan fingerprint density at radius 2 is 2.00 bits per heavy atom. The highest BCUT2D eigenvalue weighted by Crippen LogP contribution is 2.29. The molecule has 2 aromatic carbocycles. The van der Waals surface area contributed by atoms with Crippen LogP contribution in [0.3, 0.4) is 0 Å². The molecular formula is C20H18ClNO3. The maximum Gasteiger partial charge on any atom is 0.336 e. The minimum absolute atomic E-state index is 0.177. The first-order valence-corrected chi connectivity index (χ1v) is 8.38. The molecule has 3 aromatic rings. The summed E-state index contributed by atoms with van der Waals surface area (Å²) in [7, 11) is 0. The monoisotopic (exact) mass is 355 g/mol. The van der Waals surface area contributed by atoms with Gasteiger partial charge in [0.05, 0.1) is 23.4 Å². The van der Waals surface area contributed by atoms with E-state index in [1.54, 1.807) is 24.3 Å². The number of rotatable bonds is 5. The molecule has 0 radical (unpaired) electrons. The van der Waals surface area contributed by atoms with Crippen molar-refractivity contribution < 1.29 is 14.6 Å². The van der Waals surface area contributed by atoms with Gasteiger partial charge in [-0.2, -0.15) is 0 Å². The molecule has 3 rings (SSSR count). The van der Waals surface area contributed by atoms with Crippen molar-refractivity contribution >= 4 is 28.5 Å². The van der Waals surface area contributed by atoms with E-state index in [1.807, 2.05) is 24.3 Å². The van der Waals surface area contributed by atoms with Crippen LogP contribution in [0.2, 0.25) is 5.02 Å². The first-order valence-electron chi connectivity index (χ1n) is 8.01. The van der Waals surface area contributed by atoms with Crippen molar-refractivity contribution in [1.29, 1.82) is 0 Å². The highest BCUT2D eigenvalue weighted by molar-refractivity contribution is 6.31. The van der Waals surface area contributed by atoms with Crippen molar-refractivity contribution in [1.82, 2.24) is 4.98 Å². The minimum Gasteiger partial charge on any atom is -0.493 e. The van der Waals surface area contributed by atoms with E-state index < -0.39 is 5.97 Å². The largest absolute Gasteiger partial charge is 0.493 e. The Hall–Kier alpha value is -2.59. The third kappa shape index (κ3) is 3.91. The van der Waals surface area contributed by atoms with Gasteiger partial charge in [0.25, 0.3) is 0 Å². The first-order chi connectivity index (χ1) is 11.9. The number of hydrogen-bond donors (Lipinski definition) is 1. The second-order valence-electron chi connectivity index (χ2n) is 6.25. The van der Waals surface area contributed by atoms with Gasteiger partial charge in [-0.05, 0) is 42.3 Å². The Kier molecular flexibility index (Phi) is 4.91. The summed E-state index contributed by atoms with van der Waals surface area (Å²) < 4.78 is 5.75. The molecule has 0 aliphatic heterocycles. The van der Waals surface area contributed by atoms with Gasteiger partial charge in [-0.25, -0.2) is 9.78 Å². The molecule has 0 fully saturated rings. The van der Waals surface area contributed by atoms with Gasteiger partial charge in [0, 0.05) is 16.0 Å². The maximum atomic E-state index is 11.7. The number of fused-ring (bicyclic) bond motifs is 1. The lowest BCUT2D eigenvalue weighted by molar-refractivity contribution is 0.0699. The second kappa shape index (κ2) is 7.11. The summed E-state index contributed by atoms with van der Waals surface area (Å²) in [6.07, 6.45) is 0. The van der Waals surface area contributed by atoms with Crippen LogP contribution >= 0.6 is 11.6 Å². The van der Waals surface area contributed by atoms with E-state index in [-0.39, 0.29) is 5.56 Å². The van der Waals surface area contributed by atoms with Crippen molar-refractivity contribution in [3.05, 3.63) is 59.1 Å². The van der Waals surface area contributed by atoms with Gasteiger partial charge in [0.1, 0.15) is 5.75 Å². The summed E-state index contributed by atoms with van der Waals surface area (Å²) in [5.41, 5.74) is 2.16. The van der Waals surface area contributed by atoms with Crippen LogP contribution in [0.4, 0.5) is 0 Å². The summed E-state index contributed by atoms with van der Waals surface area (Å²) in [4.78, 5) is 16.2. The Morgan fingerprint density at radius 3 is 2.72 bits per heavy atom. The van der Waals surface area contributed by atoms with Gasteiger partial charge >= 0.3 is 5.97 Å². The number of carbonyl (C=O) groups is 1. The third-order valence-electron chi connectivity index (χ3n) is 3.71. The average Bonchev–Trinajstić information content (AvgIpc) is 2.59. The van der Waals surface area contributed by atoms with Crippen molar-refractivity contribution in [2.75, 3.05) is 6.61 Å². The minimum atomic E-state index is -1.01. The normalized spacial score (nSPS) is 11.0. The summed E-state index contributed by atoms with van der Waals surface area (Å²) in [5, 5.41) is 10.6. The third-order valence-corrected chi connectivity index (χ3v) is 3.95. The summed E-state index contributed by atoms with van der Waals surface area (Å²) in [5.74, 6) is 0.148. The zero-order valence-corrected chi connectivity index (χ0v) is 14.7. The van der Waals surface area contributed by atoms with Crippen LogP contribution in [-0.2, 0) is 0 Å². The Balaban J connectivity index is 2.08. The lowest BCUT2D eigenvalue weighted by atomic mass is 10.0. The molecule has 128 valence electrons. The molecule has 5 heteroatoms. The Bertz CT molecular complexity index is 937. The number of benzene rings is 2. The van der Waals surface area contributed by atoms with Gasteiger partial charge in [0.2, 0.25) is 0 Å². The second-order valence-corrected chi connectivity index (χ2v) is 6.69. The number of aromatic carboxylic acids is 1. The van der Waals surface area contributed by atoms with Gasteiger partial charge in [0.15, 0.2) is 0 Å². The molecule has 0 aliphatic carbocycles. The lowest BCUT2D eigenvalue weighted by Gasteiger charge is -2.11. The van der Waals surface area contributed by atoms with Crippen molar-refractivity contribution in [3.63, 3.8) is 0 Å². The zero-order chi connectivity index (χ0) is 18.0. The number of aromatic nitrogens is 1. The van der Waals surface area contributed by atoms with E-state index in [1.165, 1.54) is 0 Å². The molecule has 1 N–H and O–H groups in total. The SMILES string of the molecule is CC(C)COc1cccc(-c2cc(C(=O)O)c3cc(Cl)ccc3n2)c1. The van der Waals surface area contributed by atoms with Crippen LogP contribution in [-0.4, -0.2) is 22.7 Å². The Morgan fingerprint density at radius 1 is 1.20 bits per heavy atom. The van der Waals surface area contributed by atoms with Gasteiger partial charge in [-0.1, -0.05) is 37.6 Å². The highest BCUT2D eigenvalue weighted by atomic mass is 35.5. The summed E-state index contributed by atoms with van der Waals surface area (Å²) in [6.45, 7) is 4.78. The van der Waals surface area contributed by atoms with Crippen molar-refractivity contribution in [2.45, 2.75) is 13.8 Å². The van der Waals surface area contributed by atoms with E-state index in [2.05, 4.69) is 18.8 Å². The molecule has 0 saturated heterocycles. The molecule has 0 bridgehead atoms. The van der Waals surface area contributed by atoms with Crippen molar-refractivity contribution in [3.8, 4) is 17.0 Å². The highest BCUT2D eigenvalue weighted by Gasteiger charge is 2.14. The lowest BCUT2D eigenvalue weighted by Crippen LogP contribution is -2.04. The molecular weight excluding hydrogens is 338 g/mol. The van der Waals surface area contributed by atoms with E-state index in [9.17, 15) is 9.90 Å². The maximum absolute atomic E-state index is 11.7. The Labute approximate surface area is 151 Å². The molecule has 0 spiro atoms. The molecule has 0 atom stereocenters. The zero-order valence-electron chi connectivity index (χ0n) is 14.0. The first kappa shape index (κ1) is 17.2. The molecule has 0 aliphatic rings. The smallest absolute Gasteiger partial charge is 0.336 e. The number of nitrogens with zero attached hydrogens (tertiary/aromatic N) is 1. The topological polar surface area (TPSA) is 59.4 Å². The van der Waals surface area contributed by atoms with Crippen LogP contribution in [0.15, 0.2) is 48.5 Å². The number of hydrogen-bond acceptors (Lipinski definition) is 3. The summed E-state index contributed by atoms with van der Waals surface area (Å²) >= 11 is 6.00. The van der Waals surface area contributed by atoms with Crippen LogP contribution in [0.25, 0.3) is 22.2 Å². The van der Waals surface area contributed by atoms with Crippen LogP contribution in [0, 0.1) is 5.92 Å². The number of carboxylic acid groups (broad SMARTS) is 1. The van der Waals surface area contributed by atoms with Crippen molar-refractivity contribution in [2.24, 2.45) is 5.92 Å². The fourth-order valence-corrected chi connectivity index (χ4v) is 2.70. The fourth-order valence-electron chi connectivity index (χ4n) is 2.53. The van der Waals surface area contributed by atoms with Gasteiger partial charge in [-0.3, -0.25) is 0 Å².